The van der Waals surface area contributed by atoms with Crippen molar-refractivity contribution in [1.82, 2.24) is 56.8 Å². The van der Waals surface area contributed by atoms with E-state index in [0.717, 1.165) is 0 Å². The number of phenols is 1. The molecule has 0 saturated carbocycles. The Labute approximate surface area is 580 Å². The fourth-order valence-corrected chi connectivity index (χ4v) is 11.2. The lowest BCUT2D eigenvalue weighted by molar-refractivity contribution is -0.145. The summed E-state index contributed by atoms with van der Waals surface area (Å²) in [7, 11) is 0. The monoisotopic (exact) mass is 1490 g/mol. The van der Waals surface area contributed by atoms with E-state index in [4.69, 9.17) is 22.3 Å². The number of unbranched alkanes of at least 4 members (excludes halogenated alkanes) is 5. The minimum absolute atomic E-state index is 0.0279. The maximum Gasteiger partial charge on any atom is 0.326 e. The molecule has 0 radical (unpaired) electrons. The summed E-state index contributed by atoms with van der Waals surface area (Å²) in [5.41, 5.74) is 17.7. The van der Waals surface area contributed by atoms with Crippen LogP contribution in [0, 0.1) is 3.57 Å². The van der Waals surface area contributed by atoms with Gasteiger partial charge in [-0.05, 0) is 110 Å². The van der Waals surface area contributed by atoms with Crippen LogP contribution < -0.4 is 54.4 Å². The van der Waals surface area contributed by atoms with Gasteiger partial charge in [0.05, 0.1) is 23.2 Å². The molecule has 1 unspecified atom stereocenters. The van der Waals surface area contributed by atoms with E-state index in [0.29, 0.717) is 53.2 Å². The Morgan fingerprint density at radius 1 is 0.429 bits per heavy atom. The van der Waals surface area contributed by atoms with E-state index in [9.17, 15) is 92.7 Å². The van der Waals surface area contributed by atoms with Crippen molar-refractivity contribution in [1.29, 1.82) is 0 Å². The van der Waals surface area contributed by atoms with Crippen LogP contribution in [0.15, 0.2) is 48.5 Å². The van der Waals surface area contributed by atoms with E-state index < -0.39 is 127 Å². The van der Waals surface area contributed by atoms with Crippen molar-refractivity contribution < 1.29 is 97.8 Å². The molecule has 0 aromatic heterocycles. The minimum atomic E-state index is -1.54. The average Bonchev–Trinajstić information content (AvgIpc) is 0.864. The number of aliphatic carboxylic acids is 5. The number of urea groups is 1. The van der Waals surface area contributed by atoms with Crippen molar-refractivity contribution in [3.05, 3.63) is 63.2 Å². The summed E-state index contributed by atoms with van der Waals surface area (Å²) in [5, 5.41) is 76.5. The van der Waals surface area contributed by atoms with E-state index in [1.54, 1.807) is 56.0 Å². The Kier molecular flexibility index (Phi) is 38.9. The molecule has 6 atom stereocenters. The molecule has 19 N–H and O–H groups in total. The molecule has 0 aliphatic carbocycles. The van der Waals surface area contributed by atoms with Gasteiger partial charge in [0.15, 0.2) is 0 Å². The number of hydrogen-bond donors (Lipinski definition) is 16. The van der Waals surface area contributed by atoms with E-state index in [1.165, 1.54) is 12.1 Å². The molecular weight excluding hydrogens is 1400 g/mol. The normalized spacial score (nSPS) is 15.3. The molecule has 98 heavy (non-hydrogen) atoms. The number of carboxylic acid groups (broad SMARTS) is 5. The first kappa shape index (κ1) is 83.4. The van der Waals surface area contributed by atoms with Gasteiger partial charge in [-0.3, -0.25) is 67.5 Å². The van der Waals surface area contributed by atoms with Gasteiger partial charge in [0.2, 0.25) is 47.3 Å². The topological polar surface area (TPSA) is 536 Å². The van der Waals surface area contributed by atoms with E-state index >= 15 is 0 Å². The summed E-state index contributed by atoms with van der Waals surface area (Å²) in [4.78, 5) is 182. The lowest BCUT2D eigenvalue weighted by Gasteiger charge is -2.35. The molecule has 1 aliphatic heterocycles. The number of carboxylic acids is 5. The molecule has 34 nitrogen and oxygen atoms in total. The highest BCUT2D eigenvalue weighted by Gasteiger charge is 2.33. The standard InChI is InChI=1S/C63H95IN14O20/c64-42-34-41(18-21-49(42)79)36-46(70-55(85)22-20-48(62(96)97)78-32-30-76(38-51(66)81)28-26-75(37-50(65)80)27-29-77(31-33-78)39-52(67)82)57(88)72-47(35-40-12-4-3-5-13-40)58(89)71-43(59(90)91)14-8-10-24-68-53(83)16-6-1-2-7-17-54(84)69-25-11-9-15-44(60(92)93)73-63(98)74-45(61(94)95)19-23-56(86)87/h3-5,12-13,18,21,34,43-48,79H,1-2,6-11,14-17,19-20,22-33,35-39H2,(H2,65,80)(H2,66,81)(H2,67,82)(H,68,83)(H,69,84)(H,70,85)(H,71,89)(H,72,88)(H,86,87)(H,90,91)(H,92,93)(H,94,95)(H,96,97)(H2,73,74,98)/t43-,44+,45+,46-,47-,48?/m1/s1. The Morgan fingerprint density at radius 2 is 0.857 bits per heavy atom. The second kappa shape index (κ2) is 45.6. The number of phenolic OH excluding ortho intramolecular Hbond substituents is 1. The maximum atomic E-state index is 14.5. The fourth-order valence-electron chi connectivity index (χ4n) is 10.6. The Hall–Kier alpha value is -8.81. The van der Waals surface area contributed by atoms with Crippen LogP contribution >= 0.6 is 22.6 Å². The zero-order valence-electron chi connectivity index (χ0n) is 54.8. The van der Waals surface area contributed by atoms with Crippen molar-refractivity contribution >= 4 is 106 Å². The number of aromatic hydroxyl groups is 1. The minimum Gasteiger partial charge on any atom is -0.507 e. The predicted octanol–water partition coefficient (Wildman–Crippen LogP) is -1.78. The van der Waals surface area contributed by atoms with E-state index in [1.807, 2.05) is 22.6 Å². The number of hydrogen-bond acceptors (Lipinski definition) is 19. The first-order valence-electron chi connectivity index (χ1n) is 32.4. The quantitative estimate of drug-likeness (QED) is 0.0257. The second-order valence-electron chi connectivity index (χ2n) is 23.9. The number of nitrogens with one attached hydrogen (secondary N) is 7. The van der Waals surface area contributed by atoms with Crippen molar-refractivity contribution in [2.45, 2.75) is 152 Å². The lowest BCUT2D eigenvalue weighted by Crippen LogP contribution is -2.57. The summed E-state index contributed by atoms with van der Waals surface area (Å²) in [6.45, 7) is 1.31. The van der Waals surface area contributed by atoms with Crippen LogP contribution in [0.1, 0.15) is 114 Å². The number of primary amides is 3. The molecule has 2 aromatic carbocycles. The SMILES string of the molecule is NC(=O)CN1CCN(CC(N)=O)CCN(C(CCC(=O)N[C@H](Cc2ccc(O)c(I)c2)C(=O)N[C@H](Cc2ccccc2)C(=O)N[C@H](CCCCNC(=O)CCCCCCC(=O)NCCCC[C@H](NC(=O)N[C@@H](CCC(=O)O)C(=O)O)C(=O)O)C(=O)O)C(=O)O)CCN(CC(N)=O)CC1. The predicted molar refractivity (Wildman–Crippen MR) is 360 cm³/mol. The highest BCUT2D eigenvalue weighted by molar-refractivity contribution is 14.1. The summed E-state index contributed by atoms with van der Waals surface area (Å²) < 4.78 is 0.420. The Balaban J connectivity index is 1.58. The molecule has 1 fully saturated rings. The number of rotatable bonds is 45. The zero-order chi connectivity index (χ0) is 72.7. The summed E-state index contributed by atoms with van der Waals surface area (Å²) in [6.07, 6.45) is 1.99. The zero-order valence-corrected chi connectivity index (χ0v) is 57.0. The van der Waals surface area contributed by atoms with Crippen LogP contribution in [0.5, 0.6) is 5.75 Å². The van der Waals surface area contributed by atoms with Crippen molar-refractivity contribution in [3.8, 4) is 5.75 Å². The third-order valence-electron chi connectivity index (χ3n) is 15.9. The molecule has 10 amide bonds. The Morgan fingerprint density at radius 3 is 1.30 bits per heavy atom. The number of nitrogens with zero attached hydrogens (tertiary/aromatic N) is 4. The molecule has 544 valence electrons. The van der Waals surface area contributed by atoms with Gasteiger partial charge in [-0.1, -0.05) is 49.2 Å². The summed E-state index contributed by atoms with van der Waals surface area (Å²) in [5.74, 6) is -11.7. The van der Waals surface area contributed by atoms with Crippen LogP contribution in [0.25, 0.3) is 0 Å². The molecule has 1 heterocycles. The molecule has 3 rings (SSSR count). The first-order chi connectivity index (χ1) is 46.5. The van der Waals surface area contributed by atoms with Gasteiger partial charge in [-0.25, -0.2) is 19.2 Å². The van der Waals surface area contributed by atoms with Gasteiger partial charge in [0.1, 0.15) is 42.0 Å². The van der Waals surface area contributed by atoms with Crippen LogP contribution in [-0.2, 0) is 75.2 Å². The van der Waals surface area contributed by atoms with Crippen molar-refractivity contribution in [2.75, 3.05) is 85.1 Å². The van der Waals surface area contributed by atoms with Crippen LogP contribution in [0.4, 0.5) is 4.79 Å². The summed E-state index contributed by atoms with van der Waals surface area (Å²) in [6, 6.07) is 3.51. The molecule has 1 saturated heterocycles. The van der Waals surface area contributed by atoms with Gasteiger partial charge in [0.25, 0.3) is 0 Å². The molecular formula is C63H95IN14O20. The number of carbonyl (C=O) groups excluding carboxylic acids is 9. The van der Waals surface area contributed by atoms with Crippen molar-refractivity contribution in [2.24, 2.45) is 17.2 Å². The van der Waals surface area contributed by atoms with Crippen LogP contribution in [0.3, 0.4) is 0 Å². The van der Waals surface area contributed by atoms with E-state index in [2.05, 4.69) is 37.2 Å². The molecule has 2 aromatic rings. The van der Waals surface area contributed by atoms with Gasteiger partial charge >= 0.3 is 35.9 Å². The number of carbonyl (C=O) groups is 14. The molecule has 0 spiro atoms. The molecule has 35 heteroatoms. The number of amides is 10. The smallest absolute Gasteiger partial charge is 0.326 e. The Bertz CT molecular complexity index is 2970. The highest BCUT2D eigenvalue weighted by Crippen LogP contribution is 2.22. The number of benzene rings is 2. The van der Waals surface area contributed by atoms with Crippen LogP contribution in [0.2, 0.25) is 0 Å². The fraction of sp³-hybridized carbons (Fsp3) is 0.587. The number of nitrogens with two attached hydrogens (primary N) is 3. The van der Waals surface area contributed by atoms with Gasteiger partial charge in [-0.15, -0.1) is 0 Å². The second-order valence-corrected chi connectivity index (χ2v) is 25.0. The van der Waals surface area contributed by atoms with Gasteiger partial charge in [0, 0.05) is 104 Å². The number of halogens is 1. The third-order valence-corrected chi connectivity index (χ3v) is 16.8. The van der Waals surface area contributed by atoms with E-state index in [-0.39, 0.29) is 160 Å². The van der Waals surface area contributed by atoms with Crippen molar-refractivity contribution in [3.63, 3.8) is 0 Å². The van der Waals surface area contributed by atoms with Gasteiger partial charge < -0.3 is 85.1 Å². The maximum absolute atomic E-state index is 14.5. The third kappa shape index (κ3) is 35.4. The van der Waals surface area contributed by atoms with Gasteiger partial charge in [-0.2, -0.15) is 0 Å². The van der Waals surface area contributed by atoms with Crippen LogP contribution in [-0.4, -0.2) is 255 Å². The average molecular weight is 1500 g/mol. The molecule has 0 bridgehead atoms. The highest BCUT2D eigenvalue weighted by atomic mass is 127. The molecule has 1 aliphatic rings. The first-order valence-corrected chi connectivity index (χ1v) is 33.5. The largest absolute Gasteiger partial charge is 0.507 e. The lowest BCUT2D eigenvalue weighted by atomic mass is 10.0. The summed E-state index contributed by atoms with van der Waals surface area (Å²) >= 11 is 1.89.